The molecule has 2 aromatic rings. The first kappa shape index (κ1) is 11.2. The van der Waals surface area contributed by atoms with E-state index in [1.807, 2.05) is 13.1 Å². The minimum atomic E-state index is -1.11. The van der Waals surface area contributed by atoms with Gasteiger partial charge in [0.25, 0.3) is 0 Å². The summed E-state index contributed by atoms with van der Waals surface area (Å²) in [5.41, 5.74) is 6.67. The molecule has 2 heterocycles. The van der Waals surface area contributed by atoms with Crippen molar-refractivity contribution < 1.29 is 9.90 Å². The molecule has 0 amide bonds. The van der Waals surface area contributed by atoms with Crippen LogP contribution in [-0.4, -0.2) is 30.6 Å². The molecule has 0 aliphatic carbocycles. The van der Waals surface area contributed by atoms with E-state index in [2.05, 4.69) is 10.2 Å². The fourth-order valence-electron chi connectivity index (χ4n) is 1.59. The van der Waals surface area contributed by atoms with Gasteiger partial charge in [-0.3, -0.25) is 9.36 Å². The first-order valence-electron chi connectivity index (χ1n) is 5.11. The molecule has 0 saturated heterocycles. The zero-order chi connectivity index (χ0) is 12.4. The number of hydrogen-bond acceptors (Lipinski definition) is 4. The number of nitrogen functional groups attached to an aromatic ring is 1. The van der Waals surface area contributed by atoms with Gasteiger partial charge in [-0.25, -0.2) is 4.79 Å². The average Bonchev–Trinajstić information content (AvgIpc) is 2.82. The van der Waals surface area contributed by atoms with Crippen LogP contribution in [0.25, 0.3) is 0 Å². The van der Waals surface area contributed by atoms with Crippen LogP contribution in [0, 0.1) is 0 Å². The summed E-state index contributed by atoms with van der Waals surface area (Å²) in [6, 6.07) is 1.91. The van der Waals surface area contributed by atoms with Crippen LogP contribution in [0.2, 0.25) is 0 Å². The largest absolute Gasteiger partial charge is 0.476 e. The van der Waals surface area contributed by atoms with E-state index in [1.54, 1.807) is 10.9 Å². The monoisotopic (exact) mass is 235 g/mol. The lowest BCUT2D eigenvalue weighted by molar-refractivity contribution is 0.0690. The molecule has 0 spiro atoms. The number of hydrogen-bond donors (Lipinski definition) is 2. The van der Waals surface area contributed by atoms with Crippen LogP contribution in [0.15, 0.2) is 18.5 Å². The molecule has 0 aromatic carbocycles. The third kappa shape index (κ3) is 2.27. The van der Waals surface area contributed by atoms with Gasteiger partial charge in [-0.05, 0) is 6.07 Å². The summed E-state index contributed by atoms with van der Waals surface area (Å²) >= 11 is 0. The van der Waals surface area contributed by atoms with Crippen LogP contribution < -0.4 is 5.73 Å². The van der Waals surface area contributed by atoms with Crippen LogP contribution in [0.1, 0.15) is 16.2 Å². The Morgan fingerprint density at radius 3 is 2.88 bits per heavy atom. The Balaban J connectivity index is 2.07. The molecule has 0 fully saturated rings. The van der Waals surface area contributed by atoms with E-state index in [4.69, 9.17) is 10.8 Å². The van der Waals surface area contributed by atoms with Gasteiger partial charge in [0.15, 0.2) is 5.69 Å². The number of carboxylic acid groups (broad SMARTS) is 1. The third-order valence-corrected chi connectivity index (χ3v) is 2.51. The molecule has 0 radical (unpaired) electrons. The van der Waals surface area contributed by atoms with Crippen LogP contribution >= 0.6 is 0 Å². The van der Waals surface area contributed by atoms with Gasteiger partial charge in [0.2, 0.25) is 0 Å². The highest BCUT2D eigenvalue weighted by Gasteiger charge is 2.13. The minimum Gasteiger partial charge on any atom is -0.476 e. The molecule has 0 unspecified atom stereocenters. The number of aromatic nitrogens is 4. The number of nitrogens with zero attached hydrogens (tertiary/aromatic N) is 4. The van der Waals surface area contributed by atoms with Crippen LogP contribution in [0.4, 0.5) is 5.69 Å². The Labute approximate surface area is 97.5 Å². The van der Waals surface area contributed by atoms with E-state index in [0.717, 1.165) is 12.1 Å². The minimum absolute atomic E-state index is 0.102. The molecule has 17 heavy (non-hydrogen) atoms. The quantitative estimate of drug-likeness (QED) is 0.785. The molecule has 7 heteroatoms. The van der Waals surface area contributed by atoms with Crippen molar-refractivity contribution in [1.82, 2.24) is 19.6 Å². The van der Waals surface area contributed by atoms with Crippen molar-refractivity contribution in [2.24, 2.45) is 7.05 Å². The fraction of sp³-hybridized carbons (Fsp3) is 0.300. The van der Waals surface area contributed by atoms with Crippen LogP contribution in [0.3, 0.4) is 0 Å². The molecule has 0 bridgehead atoms. The first-order valence-corrected chi connectivity index (χ1v) is 5.11. The summed E-state index contributed by atoms with van der Waals surface area (Å²) in [4.78, 5) is 10.8. The van der Waals surface area contributed by atoms with Gasteiger partial charge in [0.1, 0.15) is 0 Å². The number of carboxylic acids is 1. The summed E-state index contributed by atoms with van der Waals surface area (Å²) in [5, 5.41) is 16.8. The zero-order valence-corrected chi connectivity index (χ0v) is 9.37. The zero-order valence-electron chi connectivity index (χ0n) is 9.37. The van der Waals surface area contributed by atoms with E-state index in [-0.39, 0.29) is 11.4 Å². The molecular formula is C10H13N5O2. The number of anilines is 1. The molecule has 2 rings (SSSR count). The van der Waals surface area contributed by atoms with E-state index in [1.165, 1.54) is 10.9 Å². The van der Waals surface area contributed by atoms with Crippen molar-refractivity contribution in [2.45, 2.75) is 13.0 Å². The Morgan fingerprint density at radius 2 is 2.35 bits per heavy atom. The van der Waals surface area contributed by atoms with Crippen LogP contribution in [0.5, 0.6) is 0 Å². The molecule has 2 aromatic heterocycles. The summed E-state index contributed by atoms with van der Waals surface area (Å²) in [5.74, 6) is -1.11. The van der Waals surface area contributed by atoms with Crippen molar-refractivity contribution in [1.29, 1.82) is 0 Å². The molecule has 0 aliphatic heterocycles. The van der Waals surface area contributed by atoms with Crippen molar-refractivity contribution >= 4 is 11.7 Å². The highest BCUT2D eigenvalue weighted by atomic mass is 16.4. The highest BCUT2D eigenvalue weighted by molar-refractivity contribution is 5.91. The highest BCUT2D eigenvalue weighted by Crippen LogP contribution is 2.09. The summed E-state index contributed by atoms with van der Waals surface area (Å²) in [6.45, 7) is 0.566. The van der Waals surface area contributed by atoms with Crippen LogP contribution in [-0.2, 0) is 20.0 Å². The molecular weight excluding hydrogens is 222 g/mol. The molecule has 0 atom stereocenters. The normalized spacial score (nSPS) is 10.6. The molecule has 90 valence electrons. The second kappa shape index (κ2) is 4.28. The van der Waals surface area contributed by atoms with Gasteiger partial charge in [0, 0.05) is 38.1 Å². The lowest BCUT2D eigenvalue weighted by atomic mass is 10.3. The number of rotatable bonds is 4. The third-order valence-electron chi connectivity index (χ3n) is 2.51. The maximum absolute atomic E-state index is 10.8. The lowest BCUT2D eigenvalue weighted by Crippen LogP contribution is -2.07. The molecule has 0 aliphatic rings. The Bertz CT molecular complexity index is 543. The second-order valence-electron chi connectivity index (χ2n) is 3.70. The topological polar surface area (TPSA) is 99.0 Å². The van der Waals surface area contributed by atoms with Gasteiger partial charge < -0.3 is 10.8 Å². The van der Waals surface area contributed by atoms with E-state index in [0.29, 0.717) is 6.54 Å². The van der Waals surface area contributed by atoms with Crippen molar-refractivity contribution in [2.75, 3.05) is 5.73 Å². The fourth-order valence-corrected chi connectivity index (χ4v) is 1.59. The van der Waals surface area contributed by atoms with E-state index < -0.39 is 5.97 Å². The van der Waals surface area contributed by atoms with Crippen molar-refractivity contribution in [3.8, 4) is 0 Å². The maximum Gasteiger partial charge on any atom is 0.358 e. The Morgan fingerprint density at radius 1 is 1.59 bits per heavy atom. The van der Waals surface area contributed by atoms with Crippen molar-refractivity contribution in [3.63, 3.8) is 0 Å². The molecule has 7 nitrogen and oxygen atoms in total. The van der Waals surface area contributed by atoms with E-state index >= 15 is 0 Å². The van der Waals surface area contributed by atoms with Gasteiger partial charge in [-0.1, -0.05) is 0 Å². The number of carbonyl (C=O) groups is 1. The second-order valence-corrected chi connectivity index (χ2v) is 3.70. The molecule has 0 saturated carbocycles. The Hall–Kier alpha value is -2.31. The average molecular weight is 235 g/mol. The number of nitrogens with two attached hydrogens (primary N) is 1. The van der Waals surface area contributed by atoms with E-state index in [9.17, 15) is 4.79 Å². The van der Waals surface area contributed by atoms with Crippen molar-refractivity contribution in [3.05, 3.63) is 29.8 Å². The molecule has 3 N–H and O–H groups in total. The predicted molar refractivity (Wildman–Crippen MR) is 60.5 cm³/mol. The number of aromatic carboxylic acids is 1. The SMILES string of the molecule is Cn1nccc1CCn1cc(N)c(C(=O)O)n1. The predicted octanol–water partition coefficient (Wildman–Crippen LogP) is 0.140. The van der Waals surface area contributed by atoms with Gasteiger partial charge >= 0.3 is 5.97 Å². The van der Waals surface area contributed by atoms with Gasteiger partial charge in [0.05, 0.1) is 5.69 Å². The first-order chi connectivity index (χ1) is 8.08. The summed E-state index contributed by atoms with van der Waals surface area (Å²) in [6.07, 6.45) is 3.96. The van der Waals surface area contributed by atoms with Gasteiger partial charge in [-0.2, -0.15) is 10.2 Å². The standard InChI is InChI=1S/C10H13N5O2/c1-14-7(2-4-12-14)3-5-15-6-8(11)9(13-15)10(16)17/h2,4,6H,3,5,11H2,1H3,(H,16,17). The van der Waals surface area contributed by atoms with Gasteiger partial charge in [-0.15, -0.1) is 0 Å². The Kier molecular flexibility index (Phi) is 2.82. The maximum atomic E-state index is 10.8. The lowest BCUT2D eigenvalue weighted by Gasteiger charge is -2.01. The summed E-state index contributed by atoms with van der Waals surface area (Å²) in [7, 11) is 1.86. The summed E-state index contributed by atoms with van der Waals surface area (Å²) < 4.78 is 3.30. The number of aryl methyl sites for hydroxylation is 3. The smallest absolute Gasteiger partial charge is 0.358 e.